The van der Waals surface area contributed by atoms with E-state index in [1.165, 1.54) is 19.2 Å². The van der Waals surface area contributed by atoms with Crippen molar-refractivity contribution < 1.29 is 9.13 Å². The highest BCUT2D eigenvalue weighted by molar-refractivity contribution is 5.67. The second-order valence-electron chi connectivity index (χ2n) is 3.89. The van der Waals surface area contributed by atoms with E-state index in [4.69, 9.17) is 15.7 Å². The van der Waals surface area contributed by atoms with E-state index in [9.17, 15) is 4.39 Å². The molecule has 0 saturated heterocycles. The van der Waals surface area contributed by atoms with Gasteiger partial charge in [0, 0.05) is 23.1 Å². The van der Waals surface area contributed by atoms with Crippen molar-refractivity contribution in [3.63, 3.8) is 0 Å². The van der Waals surface area contributed by atoms with Crippen LogP contribution in [-0.2, 0) is 0 Å². The molecule has 0 atom stereocenters. The molecule has 0 heterocycles. The number of anilines is 3. The van der Waals surface area contributed by atoms with Gasteiger partial charge in [-0.1, -0.05) is 0 Å². The van der Waals surface area contributed by atoms with Gasteiger partial charge in [-0.3, -0.25) is 0 Å². The molecule has 2 aromatic carbocycles. The van der Waals surface area contributed by atoms with Crippen molar-refractivity contribution in [1.82, 2.24) is 0 Å². The van der Waals surface area contributed by atoms with E-state index in [-0.39, 0.29) is 5.75 Å². The number of ether oxygens (including phenoxy) is 1. The zero-order valence-electron chi connectivity index (χ0n) is 10.3. The molecule has 96 valence electrons. The molecule has 0 spiro atoms. The van der Waals surface area contributed by atoms with Crippen LogP contribution in [-0.4, -0.2) is 7.11 Å². The Morgan fingerprint density at radius 1 is 1.21 bits per heavy atom. The Balaban J connectivity index is 2.26. The van der Waals surface area contributed by atoms with E-state index in [1.807, 2.05) is 6.07 Å². The SMILES string of the molecule is COc1ccc(Nc2ccc(N)c(C#N)c2)cc1F. The summed E-state index contributed by atoms with van der Waals surface area (Å²) in [5.41, 5.74) is 7.64. The first-order valence-electron chi connectivity index (χ1n) is 5.54. The molecule has 0 aliphatic rings. The first-order valence-corrected chi connectivity index (χ1v) is 5.54. The molecular weight excluding hydrogens is 245 g/mol. The number of benzene rings is 2. The number of rotatable bonds is 3. The molecule has 19 heavy (non-hydrogen) atoms. The molecule has 0 bridgehead atoms. The van der Waals surface area contributed by atoms with E-state index < -0.39 is 5.82 Å². The molecule has 0 radical (unpaired) electrons. The summed E-state index contributed by atoms with van der Waals surface area (Å²) in [6.45, 7) is 0. The third-order valence-electron chi connectivity index (χ3n) is 2.61. The number of nitrogen functional groups attached to an aromatic ring is 1. The largest absolute Gasteiger partial charge is 0.494 e. The van der Waals surface area contributed by atoms with Crippen molar-refractivity contribution in [2.45, 2.75) is 0 Å². The summed E-state index contributed by atoms with van der Waals surface area (Å²) in [6, 6.07) is 11.5. The fourth-order valence-corrected chi connectivity index (χ4v) is 1.64. The highest BCUT2D eigenvalue weighted by Crippen LogP contribution is 2.25. The lowest BCUT2D eigenvalue weighted by molar-refractivity contribution is 0.386. The molecule has 2 rings (SSSR count). The van der Waals surface area contributed by atoms with Crippen LogP contribution in [0.5, 0.6) is 5.75 Å². The maximum Gasteiger partial charge on any atom is 0.167 e. The van der Waals surface area contributed by atoms with Crippen LogP contribution >= 0.6 is 0 Å². The van der Waals surface area contributed by atoms with Gasteiger partial charge < -0.3 is 15.8 Å². The van der Waals surface area contributed by atoms with Crippen LogP contribution in [0.2, 0.25) is 0 Å². The number of nitrogens with zero attached hydrogens (tertiary/aromatic N) is 1. The van der Waals surface area contributed by atoms with Crippen molar-refractivity contribution in [3.05, 3.63) is 47.8 Å². The lowest BCUT2D eigenvalue weighted by Gasteiger charge is -2.09. The van der Waals surface area contributed by atoms with Gasteiger partial charge in [-0.25, -0.2) is 4.39 Å². The van der Waals surface area contributed by atoms with Crippen LogP contribution in [0, 0.1) is 17.1 Å². The smallest absolute Gasteiger partial charge is 0.167 e. The van der Waals surface area contributed by atoms with Gasteiger partial charge in [0.05, 0.1) is 12.7 Å². The monoisotopic (exact) mass is 257 g/mol. The lowest BCUT2D eigenvalue weighted by Crippen LogP contribution is -1.96. The third-order valence-corrected chi connectivity index (χ3v) is 2.61. The third kappa shape index (κ3) is 2.75. The molecule has 0 amide bonds. The normalized spacial score (nSPS) is 9.74. The highest BCUT2D eigenvalue weighted by atomic mass is 19.1. The maximum atomic E-state index is 13.5. The zero-order chi connectivity index (χ0) is 13.8. The summed E-state index contributed by atoms with van der Waals surface area (Å²) in [6.07, 6.45) is 0. The summed E-state index contributed by atoms with van der Waals surface area (Å²) in [4.78, 5) is 0. The molecule has 3 N–H and O–H groups in total. The van der Waals surface area contributed by atoms with Gasteiger partial charge in [-0.15, -0.1) is 0 Å². The molecular formula is C14H12FN3O. The van der Waals surface area contributed by atoms with Crippen LogP contribution in [0.4, 0.5) is 21.5 Å². The predicted octanol–water partition coefficient (Wildman–Crippen LogP) is 3.03. The van der Waals surface area contributed by atoms with Crippen LogP contribution < -0.4 is 15.8 Å². The molecule has 0 aromatic heterocycles. The lowest BCUT2D eigenvalue weighted by atomic mass is 10.1. The van der Waals surface area contributed by atoms with Crippen molar-refractivity contribution >= 4 is 17.1 Å². The molecule has 5 heteroatoms. The highest BCUT2D eigenvalue weighted by Gasteiger charge is 2.05. The second-order valence-corrected chi connectivity index (χ2v) is 3.89. The summed E-state index contributed by atoms with van der Waals surface area (Å²) in [5, 5.41) is 11.9. The Morgan fingerprint density at radius 2 is 1.89 bits per heavy atom. The number of halogens is 1. The first kappa shape index (κ1) is 12.7. The fraction of sp³-hybridized carbons (Fsp3) is 0.0714. The summed E-state index contributed by atoms with van der Waals surface area (Å²) in [7, 11) is 1.41. The van der Waals surface area contributed by atoms with Crippen molar-refractivity contribution in [1.29, 1.82) is 5.26 Å². The van der Waals surface area contributed by atoms with Crippen LogP contribution in [0.25, 0.3) is 0 Å². The van der Waals surface area contributed by atoms with Gasteiger partial charge in [0.25, 0.3) is 0 Å². The van der Waals surface area contributed by atoms with E-state index in [0.29, 0.717) is 22.6 Å². The van der Waals surface area contributed by atoms with Crippen molar-refractivity contribution in [2.75, 3.05) is 18.2 Å². The first-order chi connectivity index (χ1) is 9.13. The summed E-state index contributed by atoms with van der Waals surface area (Å²) < 4.78 is 18.4. The van der Waals surface area contributed by atoms with Crippen LogP contribution in [0.15, 0.2) is 36.4 Å². The molecule has 0 unspecified atom stereocenters. The van der Waals surface area contributed by atoms with E-state index >= 15 is 0 Å². The summed E-state index contributed by atoms with van der Waals surface area (Å²) >= 11 is 0. The minimum atomic E-state index is -0.455. The van der Waals surface area contributed by atoms with Gasteiger partial charge in [0.1, 0.15) is 6.07 Å². The quantitative estimate of drug-likeness (QED) is 0.829. The Hall–Kier alpha value is -2.74. The topological polar surface area (TPSA) is 71.1 Å². The van der Waals surface area contributed by atoms with Gasteiger partial charge in [-0.05, 0) is 30.3 Å². The van der Waals surface area contributed by atoms with Gasteiger partial charge in [0.15, 0.2) is 11.6 Å². The van der Waals surface area contributed by atoms with Gasteiger partial charge in [-0.2, -0.15) is 5.26 Å². The standard InChI is InChI=1S/C14H12FN3O/c1-19-14-5-3-11(7-12(14)15)18-10-2-4-13(17)9(6-10)8-16/h2-7,18H,17H2,1H3. The van der Waals surface area contributed by atoms with E-state index in [0.717, 1.165) is 0 Å². The van der Waals surface area contributed by atoms with Gasteiger partial charge in [0.2, 0.25) is 0 Å². The molecule has 0 fully saturated rings. The molecule has 0 aliphatic heterocycles. The fourth-order valence-electron chi connectivity index (χ4n) is 1.64. The van der Waals surface area contributed by atoms with Crippen LogP contribution in [0.3, 0.4) is 0 Å². The van der Waals surface area contributed by atoms with Gasteiger partial charge >= 0.3 is 0 Å². The second kappa shape index (κ2) is 5.27. The Bertz CT molecular complexity index is 650. The zero-order valence-corrected chi connectivity index (χ0v) is 10.3. The minimum Gasteiger partial charge on any atom is -0.494 e. The number of hydrogen-bond donors (Lipinski definition) is 2. The summed E-state index contributed by atoms with van der Waals surface area (Å²) in [5.74, 6) is -0.274. The number of hydrogen-bond acceptors (Lipinski definition) is 4. The van der Waals surface area contributed by atoms with Crippen molar-refractivity contribution in [2.24, 2.45) is 0 Å². The Morgan fingerprint density at radius 3 is 2.53 bits per heavy atom. The average Bonchev–Trinajstić information content (AvgIpc) is 2.41. The Labute approximate surface area is 110 Å². The number of nitriles is 1. The van der Waals surface area contributed by atoms with E-state index in [2.05, 4.69) is 5.32 Å². The molecule has 2 aromatic rings. The number of nitrogens with one attached hydrogen (secondary N) is 1. The minimum absolute atomic E-state index is 0.181. The van der Waals surface area contributed by atoms with E-state index in [1.54, 1.807) is 24.3 Å². The number of methoxy groups -OCH3 is 1. The van der Waals surface area contributed by atoms with Crippen molar-refractivity contribution in [3.8, 4) is 11.8 Å². The molecule has 4 nitrogen and oxygen atoms in total. The molecule has 0 aliphatic carbocycles. The van der Waals surface area contributed by atoms with Crippen LogP contribution in [0.1, 0.15) is 5.56 Å². The maximum absolute atomic E-state index is 13.5. The predicted molar refractivity (Wildman–Crippen MR) is 71.8 cm³/mol. The Kier molecular flexibility index (Phi) is 3.53. The average molecular weight is 257 g/mol. The molecule has 0 saturated carbocycles. The number of nitrogens with two attached hydrogens (primary N) is 1.